The molecule has 1 fully saturated rings. The fourth-order valence-corrected chi connectivity index (χ4v) is 2.71. The summed E-state index contributed by atoms with van der Waals surface area (Å²) in [5.74, 6) is 0.409. The quantitative estimate of drug-likeness (QED) is 0.612. The van der Waals surface area contributed by atoms with Crippen molar-refractivity contribution in [1.29, 1.82) is 0 Å². The molecule has 1 aliphatic rings. The highest BCUT2D eigenvalue weighted by Gasteiger charge is 2.27. The number of ether oxygens (including phenoxy) is 4. The molecule has 6 nitrogen and oxygen atoms in total. The second-order valence-corrected chi connectivity index (χ2v) is 6.07. The molecule has 134 valence electrons. The Bertz CT molecular complexity index is 349. The standard InChI is InChI=1S/C17H30O6/c1-4-6-7-13(5-2)12-21-17(19)23-15-10-8-14(9-11-15)22-16(18)20-3/h13-15H,4-12H2,1-3H3. The number of carbonyl (C=O) groups excluding carboxylic acids is 2. The van der Waals surface area contributed by atoms with Crippen LogP contribution < -0.4 is 0 Å². The molecule has 6 heteroatoms. The van der Waals surface area contributed by atoms with Crippen LogP contribution in [0.3, 0.4) is 0 Å². The van der Waals surface area contributed by atoms with E-state index in [1.165, 1.54) is 7.11 Å². The van der Waals surface area contributed by atoms with Gasteiger partial charge in [0.1, 0.15) is 12.2 Å². The minimum absolute atomic E-state index is 0.156. The van der Waals surface area contributed by atoms with Gasteiger partial charge in [0.25, 0.3) is 0 Å². The van der Waals surface area contributed by atoms with Crippen molar-refractivity contribution in [3.8, 4) is 0 Å². The Hall–Kier alpha value is -1.46. The number of unbranched alkanes of at least 4 members (excludes halogenated alkanes) is 1. The van der Waals surface area contributed by atoms with Crippen molar-refractivity contribution in [1.82, 2.24) is 0 Å². The first-order chi connectivity index (χ1) is 11.1. The molecule has 0 aromatic carbocycles. The summed E-state index contributed by atoms with van der Waals surface area (Å²) in [7, 11) is 1.29. The molecule has 1 aliphatic carbocycles. The molecule has 0 heterocycles. The molecule has 0 saturated heterocycles. The maximum atomic E-state index is 11.8. The first-order valence-corrected chi connectivity index (χ1v) is 8.67. The van der Waals surface area contributed by atoms with E-state index in [1.54, 1.807) is 0 Å². The van der Waals surface area contributed by atoms with E-state index >= 15 is 0 Å². The van der Waals surface area contributed by atoms with Crippen LogP contribution in [0.15, 0.2) is 0 Å². The summed E-state index contributed by atoms with van der Waals surface area (Å²) >= 11 is 0. The predicted molar refractivity (Wildman–Crippen MR) is 85.3 cm³/mol. The molecule has 0 spiro atoms. The van der Waals surface area contributed by atoms with Gasteiger partial charge in [-0.3, -0.25) is 0 Å². The second kappa shape index (κ2) is 11.1. The van der Waals surface area contributed by atoms with E-state index in [9.17, 15) is 9.59 Å². The van der Waals surface area contributed by atoms with Gasteiger partial charge in [0.15, 0.2) is 0 Å². The van der Waals surface area contributed by atoms with Crippen molar-refractivity contribution in [2.24, 2.45) is 5.92 Å². The second-order valence-electron chi connectivity index (χ2n) is 6.07. The van der Waals surface area contributed by atoms with Crippen molar-refractivity contribution in [2.45, 2.75) is 77.4 Å². The molecule has 0 aliphatic heterocycles. The van der Waals surface area contributed by atoms with Crippen LogP contribution in [0.2, 0.25) is 0 Å². The molecule has 0 radical (unpaired) electrons. The molecule has 0 bridgehead atoms. The largest absolute Gasteiger partial charge is 0.508 e. The molecule has 1 saturated carbocycles. The zero-order valence-corrected chi connectivity index (χ0v) is 14.5. The van der Waals surface area contributed by atoms with Crippen molar-refractivity contribution in [2.75, 3.05) is 13.7 Å². The van der Waals surface area contributed by atoms with Gasteiger partial charge in [0.05, 0.1) is 13.7 Å². The van der Waals surface area contributed by atoms with Crippen LogP contribution >= 0.6 is 0 Å². The zero-order chi connectivity index (χ0) is 17.1. The SMILES string of the molecule is CCCCC(CC)COC(=O)OC1CCC(OC(=O)OC)CC1. The molecule has 1 rings (SSSR count). The highest BCUT2D eigenvalue weighted by molar-refractivity contribution is 5.60. The maximum absolute atomic E-state index is 11.8. The van der Waals surface area contributed by atoms with Crippen LogP contribution in [0, 0.1) is 5.92 Å². The maximum Gasteiger partial charge on any atom is 0.508 e. The van der Waals surface area contributed by atoms with Crippen molar-refractivity contribution in [3.63, 3.8) is 0 Å². The van der Waals surface area contributed by atoms with Crippen molar-refractivity contribution < 1.29 is 28.5 Å². The minimum Gasteiger partial charge on any atom is -0.438 e. The third-order valence-electron chi connectivity index (χ3n) is 4.29. The third-order valence-corrected chi connectivity index (χ3v) is 4.29. The van der Waals surface area contributed by atoms with Crippen LogP contribution in [-0.4, -0.2) is 38.2 Å². The molecule has 1 unspecified atom stereocenters. The van der Waals surface area contributed by atoms with Crippen molar-refractivity contribution in [3.05, 3.63) is 0 Å². The van der Waals surface area contributed by atoms with Gasteiger partial charge >= 0.3 is 12.3 Å². The van der Waals surface area contributed by atoms with Gasteiger partial charge in [-0.2, -0.15) is 0 Å². The normalized spacial score (nSPS) is 22.0. The van der Waals surface area contributed by atoms with Gasteiger partial charge in [0, 0.05) is 0 Å². The lowest BCUT2D eigenvalue weighted by molar-refractivity contribution is -0.0260. The molecule has 0 N–H and O–H groups in total. The molecule has 0 aromatic heterocycles. The average molecular weight is 330 g/mol. The molecule has 23 heavy (non-hydrogen) atoms. The fourth-order valence-electron chi connectivity index (χ4n) is 2.71. The Morgan fingerprint density at radius 2 is 1.57 bits per heavy atom. The Labute approximate surface area is 138 Å². The van der Waals surface area contributed by atoms with E-state index in [-0.39, 0.29) is 12.2 Å². The van der Waals surface area contributed by atoms with Crippen LogP contribution in [-0.2, 0) is 18.9 Å². The molecule has 1 atom stereocenters. The van der Waals surface area contributed by atoms with Crippen LogP contribution in [0.5, 0.6) is 0 Å². The number of rotatable bonds is 8. The summed E-state index contributed by atoms with van der Waals surface area (Å²) in [4.78, 5) is 22.8. The first-order valence-electron chi connectivity index (χ1n) is 8.67. The van der Waals surface area contributed by atoms with Gasteiger partial charge in [-0.25, -0.2) is 9.59 Å². The summed E-state index contributed by atoms with van der Waals surface area (Å²) in [6.07, 6.45) is 5.50. The molecule has 0 amide bonds. The van der Waals surface area contributed by atoms with Gasteiger partial charge < -0.3 is 18.9 Å². The van der Waals surface area contributed by atoms with Gasteiger partial charge in [-0.1, -0.05) is 33.1 Å². The average Bonchev–Trinajstić information content (AvgIpc) is 2.56. The Morgan fingerprint density at radius 3 is 2.04 bits per heavy atom. The molecular formula is C17H30O6. The predicted octanol–water partition coefficient (Wildman–Crippen LogP) is 4.45. The van der Waals surface area contributed by atoms with Crippen LogP contribution in [0.25, 0.3) is 0 Å². The summed E-state index contributed by atoms with van der Waals surface area (Å²) in [6, 6.07) is 0. The van der Waals surface area contributed by atoms with E-state index in [2.05, 4.69) is 18.6 Å². The number of hydrogen-bond donors (Lipinski definition) is 0. The van der Waals surface area contributed by atoms with Crippen molar-refractivity contribution >= 4 is 12.3 Å². The summed E-state index contributed by atoms with van der Waals surface area (Å²) in [5, 5.41) is 0. The Morgan fingerprint density at radius 1 is 1.00 bits per heavy atom. The zero-order valence-electron chi connectivity index (χ0n) is 14.5. The Kier molecular flexibility index (Phi) is 9.48. The third kappa shape index (κ3) is 8.09. The van der Waals surface area contributed by atoms with E-state index in [4.69, 9.17) is 14.2 Å². The van der Waals surface area contributed by atoms with E-state index < -0.39 is 12.3 Å². The monoisotopic (exact) mass is 330 g/mol. The van der Waals surface area contributed by atoms with Gasteiger partial charge in [0.2, 0.25) is 0 Å². The van der Waals surface area contributed by atoms with Crippen LogP contribution in [0.1, 0.15) is 65.2 Å². The number of hydrogen-bond acceptors (Lipinski definition) is 6. The lowest BCUT2D eigenvalue weighted by Gasteiger charge is -2.27. The van der Waals surface area contributed by atoms with E-state index in [1.807, 2.05) is 0 Å². The van der Waals surface area contributed by atoms with Gasteiger partial charge in [-0.15, -0.1) is 0 Å². The Balaban J connectivity index is 2.19. The van der Waals surface area contributed by atoms with Gasteiger partial charge in [-0.05, 0) is 38.0 Å². The topological polar surface area (TPSA) is 71.1 Å². The summed E-state index contributed by atoms with van der Waals surface area (Å²) in [5.41, 5.74) is 0. The lowest BCUT2D eigenvalue weighted by Crippen LogP contribution is -2.30. The number of carbonyl (C=O) groups is 2. The van der Waals surface area contributed by atoms with E-state index in [0.717, 1.165) is 25.7 Å². The molecular weight excluding hydrogens is 300 g/mol. The lowest BCUT2D eigenvalue weighted by atomic mass is 9.95. The van der Waals surface area contributed by atoms with Crippen LogP contribution in [0.4, 0.5) is 9.59 Å². The highest BCUT2D eigenvalue weighted by atomic mass is 16.7. The minimum atomic E-state index is -0.661. The smallest absolute Gasteiger partial charge is 0.438 e. The summed E-state index contributed by atoms with van der Waals surface area (Å²) in [6.45, 7) is 4.69. The van der Waals surface area contributed by atoms with E-state index in [0.29, 0.717) is 38.2 Å². The molecule has 0 aromatic rings. The fraction of sp³-hybridized carbons (Fsp3) is 0.882. The highest BCUT2D eigenvalue weighted by Crippen LogP contribution is 2.24. The first kappa shape index (κ1) is 19.6. The summed E-state index contributed by atoms with van der Waals surface area (Å²) < 4.78 is 20.1. The number of methoxy groups -OCH3 is 1.